The summed E-state index contributed by atoms with van der Waals surface area (Å²) < 4.78 is 46.0. The van der Waals surface area contributed by atoms with E-state index in [1.807, 2.05) is 24.3 Å². The van der Waals surface area contributed by atoms with Gasteiger partial charge in [-0.25, -0.2) is 18.2 Å². The SMILES string of the molecule is C=CC1CC1(NC(=O)C1CC(Oc2cc(-c3ccccn3)nc3cc(OC)ccc23)CN1C(=O)OC(C)(C)C)C(=O)NS(=O)(=O)C1(CC2CC2)CC1. The van der Waals surface area contributed by atoms with Crippen LogP contribution >= 0.6 is 0 Å². The number of nitrogens with zero attached hydrogens (tertiary/aromatic N) is 3. The van der Waals surface area contributed by atoms with Crippen LogP contribution in [0.25, 0.3) is 22.3 Å². The van der Waals surface area contributed by atoms with Crippen molar-refractivity contribution in [1.82, 2.24) is 24.9 Å². The number of carbonyl (C=O) groups is 3. The number of aromatic nitrogens is 2. The highest BCUT2D eigenvalue weighted by molar-refractivity contribution is 7.91. The molecule has 3 aromatic rings. The number of pyridine rings is 2. The topological polar surface area (TPSA) is 166 Å². The molecule has 4 fully saturated rings. The van der Waals surface area contributed by atoms with E-state index in [9.17, 15) is 22.8 Å². The zero-order valence-corrected chi connectivity index (χ0v) is 30.7. The first kappa shape index (κ1) is 35.7. The summed E-state index contributed by atoms with van der Waals surface area (Å²) in [5, 5.41) is 3.53. The zero-order valence-electron chi connectivity index (χ0n) is 29.9. The Morgan fingerprint density at radius 2 is 1.87 bits per heavy atom. The van der Waals surface area contributed by atoms with Gasteiger partial charge in [-0.2, -0.15) is 0 Å². The third-order valence-corrected chi connectivity index (χ3v) is 12.6. The lowest BCUT2D eigenvalue weighted by molar-refractivity contribution is -0.131. The van der Waals surface area contributed by atoms with Gasteiger partial charge in [0.15, 0.2) is 0 Å². The molecule has 52 heavy (non-hydrogen) atoms. The maximum absolute atomic E-state index is 14.2. The van der Waals surface area contributed by atoms with E-state index in [-0.39, 0.29) is 19.4 Å². The van der Waals surface area contributed by atoms with Crippen LogP contribution < -0.4 is 19.5 Å². The fourth-order valence-electron chi connectivity index (χ4n) is 7.11. The average molecular weight is 732 g/mol. The molecule has 3 amide bonds. The van der Waals surface area contributed by atoms with Gasteiger partial charge >= 0.3 is 6.09 Å². The molecule has 3 heterocycles. The van der Waals surface area contributed by atoms with E-state index in [0.717, 1.165) is 12.8 Å². The lowest BCUT2D eigenvalue weighted by atomic mass is 10.1. The Morgan fingerprint density at radius 1 is 1.10 bits per heavy atom. The number of rotatable bonds is 12. The average Bonchev–Trinajstić information content (AvgIpc) is 4.05. The molecule has 2 N–H and O–H groups in total. The second-order valence-electron chi connectivity index (χ2n) is 15.5. The summed E-state index contributed by atoms with van der Waals surface area (Å²) in [6, 6.07) is 11.6. The number of carbonyl (C=O) groups excluding carboxylic acids is 3. The molecule has 3 saturated carbocycles. The van der Waals surface area contributed by atoms with Gasteiger partial charge < -0.3 is 19.5 Å². The van der Waals surface area contributed by atoms with Crippen LogP contribution in [-0.4, -0.2) is 82.9 Å². The van der Waals surface area contributed by atoms with Gasteiger partial charge in [0, 0.05) is 36.1 Å². The molecule has 1 aliphatic heterocycles. The third kappa shape index (κ3) is 7.04. The van der Waals surface area contributed by atoms with Gasteiger partial charge in [0.25, 0.3) is 5.91 Å². The molecule has 1 aromatic carbocycles. The minimum absolute atomic E-state index is 0.00798. The van der Waals surface area contributed by atoms with Crippen molar-refractivity contribution in [2.24, 2.45) is 11.8 Å². The Balaban J connectivity index is 1.15. The summed E-state index contributed by atoms with van der Waals surface area (Å²) >= 11 is 0. The number of sulfonamides is 1. The molecule has 3 aliphatic carbocycles. The van der Waals surface area contributed by atoms with E-state index >= 15 is 0 Å². The van der Waals surface area contributed by atoms with Gasteiger partial charge in [-0.1, -0.05) is 25.0 Å². The van der Waals surface area contributed by atoms with E-state index in [0.29, 0.717) is 59.0 Å². The van der Waals surface area contributed by atoms with Crippen LogP contribution in [0.5, 0.6) is 11.5 Å². The molecular formula is C38H45N5O8S. The predicted octanol–water partition coefficient (Wildman–Crippen LogP) is 4.90. The molecule has 0 spiro atoms. The molecule has 7 rings (SSSR count). The molecule has 0 radical (unpaired) electrons. The van der Waals surface area contributed by atoms with E-state index in [1.165, 1.54) is 4.90 Å². The van der Waals surface area contributed by atoms with E-state index in [2.05, 4.69) is 21.6 Å². The predicted molar refractivity (Wildman–Crippen MR) is 193 cm³/mol. The second-order valence-corrected chi connectivity index (χ2v) is 17.6. The zero-order chi connectivity index (χ0) is 37.1. The van der Waals surface area contributed by atoms with Crippen molar-refractivity contribution in [3.63, 3.8) is 0 Å². The Labute approximate surface area is 303 Å². The molecule has 14 heteroatoms. The van der Waals surface area contributed by atoms with Gasteiger partial charge in [-0.15, -0.1) is 6.58 Å². The second kappa shape index (κ2) is 13.0. The first-order valence-corrected chi connectivity index (χ1v) is 19.2. The standard InChI is InChI=1S/C38H45N5O8S/c1-6-24-21-38(24,34(45)42-52(47,48)37(14-15-37)20-23-10-11-23)41-33(44)31-18-26(22-43(31)35(46)51-36(2,3)4)50-32-19-30(28-9-7-8-16-39-28)40-29-17-25(49-5)12-13-27(29)32/h6-9,12-13,16-17,19,23-24,26,31H,1,10-11,14-15,18,20-22H2,2-5H3,(H,41,44)(H,42,45). The maximum Gasteiger partial charge on any atom is 0.411 e. The Bertz CT molecular complexity index is 2030. The number of amides is 3. The van der Waals surface area contributed by atoms with Crippen LogP contribution in [0.4, 0.5) is 4.79 Å². The summed E-state index contributed by atoms with van der Waals surface area (Å²) in [4.78, 5) is 52.1. The van der Waals surface area contributed by atoms with Crippen LogP contribution in [-0.2, 0) is 24.3 Å². The van der Waals surface area contributed by atoms with E-state index < -0.39 is 61.9 Å². The molecule has 276 valence electrons. The van der Waals surface area contributed by atoms with Crippen LogP contribution in [0.2, 0.25) is 0 Å². The highest BCUT2D eigenvalue weighted by atomic mass is 32.2. The van der Waals surface area contributed by atoms with Gasteiger partial charge in [0.1, 0.15) is 34.8 Å². The molecular weight excluding hydrogens is 687 g/mol. The van der Waals surface area contributed by atoms with Crippen molar-refractivity contribution in [1.29, 1.82) is 0 Å². The summed E-state index contributed by atoms with van der Waals surface area (Å²) in [7, 11) is -2.40. The number of benzene rings is 1. The lowest BCUT2D eigenvalue weighted by Gasteiger charge is -2.29. The molecule has 4 aliphatic rings. The maximum atomic E-state index is 14.2. The van der Waals surface area contributed by atoms with Gasteiger partial charge in [-0.3, -0.25) is 24.2 Å². The molecule has 0 bridgehead atoms. The van der Waals surface area contributed by atoms with Crippen molar-refractivity contribution < 1.29 is 37.0 Å². The third-order valence-electron chi connectivity index (χ3n) is 10.4. The van der Waals surface area contributed by atoms with Crippen LogP contribution in [0.15, 0.2) is 61.3 Å². The highest BCUT2D eigenvalue weighted by Gasteiger charge is 2.64. The normalized spacial score (nSPS) is 24.8. The number of ether oxygens (including phenoxy) is 3. The minimum Gasteiger partial charge on any atom is -0.497 e. The number of likely N-dealkylation sites (tertiary alicyclic amines) is 1. The smallest absolute Gasteiger partial charge is 0.411 e. The van der Waals surface area contributed by atoms with Gasteiger partial charge in [0.05, 0.1) is 35.3 Å². The molecule has 4 atom stereocenters. The summed E-state index contributed by atoms with van der Waals surface area (Å²) in [5.41, 5.74) is -0.578. The first-order chi connectivity index (χ1) is 24.7. The summed E-state index contributed by atoms with van der Waals surface area (Å²) in [5.74, 6) is -0.445. The Hall–Kier alpha value is -4.72. The van der Waals surface area contributed by atoms with Crippen LogP contribution in [0.1, 0.15) is 65.7 Å². The number of hydrogen-bond donors (Lipinski definition) is 2. The quantitative estimate of drug-likeness (QED) is 0.245. The summed E-state index contributed by atoms with van der Waals surface area (Å²) in [6.07, 6.45) is 5.64. The van der Waals surface area contributed by atoms with Crippen molar-refractivity contribution in [2.45, 2.75) is 93.7 Å². The van der Waals surface area contributed by atoms with Crippen molar-refractivity contribution in [3.8, 4) is 22.9 Å². The van der Waals surface area contributed by atoms with Gasteiger partial charge in [-0.05, 0) is 76.6 Å². The highest BCUT2D eigenvalue weighted by Crippen LogP contribution is 2.53. The lowest BCUT2D eigenvalue weighted by Crippen LogP contribution is -2.57. The molecule has 1 saturated heterocycles. The van der Waals surface area contributed by atoms with Crippen molar-refractivity contribution in [3.05, 3.63) is 61.3 Å². The minimum atomic E-state index is -3.97. The van der Waals surface area contributed by atoms with Crippen molar-refractivity contribution >= 4 is 38.8 Å². The van der Waals surface area contributed by atoms with Crippen LogP contribution in [0, 0.1) is 11.8 Å². The largest absolute Gasteiger partial charge is 0.497 e. The monoisotopic (exact) mass is 731 g/mol. The van der Waals surface area contributed by atoms with Gasteiger partial charge in [0.2, 0.25) is 15.9 Å². The molecule has 2 aromatic heterocycles. The Kier molecular flexibility index (Phi) is 8.95. The molecule has 13 nitrogen and oxygen atoms in total. The number of methoxy groups -OCH3 is 1. The fourth-order valence-corrected chi connectivity index (χ4v) is 8.85. The van der Waals surface area contributed by atoms with E-state index in [1.54, 1.807) is 58.4 Å². The fraction of sp³-hybridized carbons (Fsp3) is 0.500. The molecule has 4 unspecified atom stereocenters. The number of hydrogen-bond acceptors (Lipinski definition) is 10. The van der Waals surface area contributed by atoms with Crippen molar-refractivity contribution in [2.75, 3.05) is 13.7 Å². The van der Waals surface area contributed by atoms with E-state index in [4.69, 9.17) is 19.2 Å². The number of nitrogens with one attached hydrogen (secondary N) is 2. The first-order valence-electron chi connectivity index (χ1n) is 17.7. The van der Waals surface area contributed by atoms with Crippen LogP contribution in [0.3, 0.4) is 0 Å². The number of fused-ring (bicyclic) bond motifs is 1. The summed E-state index contributed by atoms with van der Waals surface area (Å²) in [6.45, 7) is 9.02. The Morgan fingerprint density at radius 3 is 2.48 bits per heavy atom.